The Balaban J connectivity index is 0.892. The van der Waals surface area contributed by atoms with E-state index in [0.29, 0.717) is 70.4 Å². The number of rotatable bonds is 9. The zero-order chi connectivity index (χ0) is 45.6. The summed E-state index contributed by atoms with van der Waals surface area (Å²) in [5, 5.41) is 7.66. The molecule has 4 saturated heterocycles. The van der Waals surface area contributed by atoms with E-state index in [1.54, 1.807) is 0 Å². The van der Waals surface area contributed by atoms with Crippen LogP contribution in [0.1, 0.15) is 94.5 Å². The first-order chi connectivity index (χ1) is 32.1. The quantitative estimate of drug-likeness (QED) is 0.118. The highest BCUT2D eigenvalue weighted by Gasteiger charge is 2.45. The summed E-state index contributed by atoms with van der Waals surface area (Å²) in [6.07, 6.45) is 6.41. The van der Waals surface area contributed by atoms with E-state index in [0.717, 1.165) is 81.2 Å². The normalized spacial score (nSPS) is 23.2. The third kappa shape index (κ3) is 8.09. The van der Waals surface area contributed by atoms with Gasteiger partial charge in [0.15, 0.2) is 0 Å². The maximum absolute atomic E-state index is 14.4. The summed E-state index contributed by atoms with van der Waals surface area (Å²) in [5.74, 6) is 1.83. The molecule has 4 fully saturated rings. The lowest BCUT2D eigenvalue weighted by molar-refractivity contribution is -0.139. The Bertz CT molecular complexity index is 2650. The fourth-order valence-electron chi connectivity index (χ4n) is 11.1. The summed E-state index contributed by atoms with van der Waals surface area (Å²) >= 11 is 0. The van der Waals surface area contributed by atoms with Gasteiger partial charge in [-0.25, -0.2) is 19.6 Å². The highest BCUT2D eigenvalue weighted by atomic mass is 16.5. The van der Waals surface area contributed by atoms with Crippen LogP contribution in [0.3, 0.4) is 0 Å². The number of aromatic nitrogens is 4. The summed E-state index contributed by atoms with van der Waals surface area (Å²) in [7, 11) is 2.62. The van der Waals surface area contributed by atoms with Crippen LogP contribution in [0.25, 0.3) is 44.2 Å². The predicted octanol–water partition coefficient (Wildman–Crippen LogP) is 7.07. The second-order valence-corrected chi connectivity index (χ2v) is 18.5. The first-order valence-corrected chi connectivity index (χ1v) is 23.4. The highest BCUT2D eigenvalue weighted by Crippen LogP contribution is 2.44. The van der Waals surface area contributed by atoms with Gasteiger partial charge in [0.2, 0.25) is 11.8 Å². The van der Waals surface area contributed by atoms with Crippen molar-refractivity contribution in [1.82, 2.24) is 40.4 Å². The van der Waals surface area contributed by atoms with Gasteiger partial charge in [-0.1, -0.05) is 18.2 Å². The number of hydrogen-bond acceptors (Lipinski definition) is 11. The number of nitrogens with one attached hydrogen (secondary N) is 4. The maximum atomic E-state index is 14.4. The molecule has 0 unspecified atom stereocenters. The van der Waals surface area contributed by atoms with Crippen LogP contribution in [-0.2, 0) is 35.1 Å². The average molecular weight is 903 g/mol. The molecule has 10 rings (SSSR count). The number of benzene rings is 3. The van der Waals surface area contributed by atoms with E-state index in [4.69, 9.17) is 33.7 Å². The monoisotopic (exact) mass is 902 g/mol. The van der Waals surface area contributed by atoms with Crippen LogP contribution >= 0.6 is 0 Å². The first-order valence-electron chi connectivity index (χ1n) is 23.4. The number of amides is 4. The minimum Gasteiger partial charge on any atom is -0.488 e. The van der Waals surface area contributed by atoms with Gasteiger partial charge in [-0.3, -0.25) is 9.59 Å². The largest absolute Gasteiger partial charge is 0.488 e. The summed E-state index contributed by atoms with van der Waals surface area (Å²) < 4.78 is 27.5. The third-order valence-corrected chi connectivity index (χ3v) is 14.7. The van der Waals surface area contributed by atoms with Gasteiger partial charge in [-0.2, -0.15) is 0 Å². The molecule has 3 aromatic carbocycles. The Labute approximate surface area is 382 Å². The molecule has 5 aliphatic heterocycles. The van der Waals surface area contributed by atoms with E-state index in [9.17, 15) is 19.2 Å². The summed E-state index contributed by atoms with van der Waals surface area (Å²) in [4.78, 5) is 74.5. The number of imidazole rings is 2. The molecule has 17 heteroatoms. The smallest absolute Gasteiger partial charge is 0.407 e. The van der Waals surface area contributed by atoms with Crippen LogP contribution in [0, 0.1) is 11.8 Å². The number of carbonyl (C=O) groups is 4. The van der Waals surface area contributed by atoms with Gasteiger partial charge in [-0.15, -0.1) is 0 Å². The van der Waals surface area contributed by atoms with E-state index >= 15 is 0 Å². The first kappa shape index (κ1) is 43.7. The second kappa shape index (κ2) is 18.2. The topological polar surface area (TPSA) is 202 Å². The molecule has 5 aromatic rings. The van der Waals surface area contributed by atoms with Gasteiger partial charge in [0.1, 0.15) is 36.1 Å². The summed E-state index contributed by atoms with van der Waals surface area (Å²) in [6, 6.07) is 12.6. The summed E-state index contributed by atoms with van der Waals surface area (Å²) in [5.41, 5.74) is 6.58. The zero-order valence-electron chi connectivity index (χ0n) is 37.9. The van der Waals surface area contributed by atoms with Crippen molar-refractivity contribution < 1.29 is 42.9 Å². The van der Waals surface area contributed by atoms with Crippen molar-refractivity contribution in [2.75, 3.05) is 40.6 Å². The number of H-pyrrole nitrogens is 2. The Morgan fingerprint density at radius 2 is 1.32 bits per heavy atom. The van der Waals surface area contributed by atoms with Crippen LogP contribution in [0.2, 0.25) is 0 Å². The fourth-order valence-corrected chi connectivity index (χ4v) is 11.1. The lowest BCUT2D eigenvalue weighted by Gasteiger charge is -2.36. The molecule has 0 bridgehead atoms. The lowest BCUT2D eigenvalue weighted by Crippen LogP contribution is -2.54. The minimum absolute atomic E-state index is 0.0308. The van der Waals surface area contributed by atoms with Crippen molar-refractivity contribution in [3.8, 4) is 28.1 Å². The van der Waals surface area contributed by atoms with Crippen molar-refractivity contribution in [3.05, 3.63) is 65.9 Å². The molecule has 2 aromatic heterocycles. The standard InChI is InChI=1S/C49H58N8O9/c1-26-5-11-38(56(26)46(58)41(54-48(60)62-3)28-13-17-64-18-14-28)44-50-24-37(52-44)31-7-9-33-32(21-31)25-66-40-23-34-30(22-35(33)40)8-10-36-43(34)53-45(51-36)39-12-6-27(2)57(39)47(59)42(55-49(61)63-4)29-15-19-65-20-16-29/h7-10,21-24,26-29,38-39,41-42H,5-6,11-20,25H2,1-4H3,(H,50,52)(H,51,53)(H,54,60)(H,55,61)/t26-,27-,38-,39-,41-,42-/m0/s1. The molecule has 0 spiro atoms. The van der Waals surface area contributed by atoms with E-state index in [-0.39, 0.29) is 47.8 Å². The van der Waals surface area contributed by atoms with Gasteiger partial charge < -0.3 is 54.1 Å². The van der Waals surface area contributed by atoms with E-state index in [1.807, 2.05) is 29.0 Å². The number of methoxy groups -OCH3 is 2. The van der Waals surface area contributed by atoms with Gasteiger partial charge in [0, 0.05) is 49.5 Å². The number of ether oxygens (including phenoxy) is 5. The Kier molecular flexibility index (Phi) is 12.1. The van der Waals surface area contributed by atoms with Gasteiger partial charge in [0.05, 0.1) is 49.2 Å². The van der Waals surface area contributed by atoms with Crippen LogP contribution in [0.5, 0.6) is 5.75 Å². The molecule has 4 amide bonds. The number of fused-ring (bicyclic) bond motifs is 6. The predicted molar refractivity (Wildman–Crippen MR) is 243 cm³/mol. The molecule has 0 saturated carbocycles. The zero-order valence-corrected chi connectivity index (χ0v) is 37.9. The van der Waals surface area contributed by atoms with Gasteiger partial charge >= 0.3 is 12.2 Å². The van der Waals surface area contributed by atoms with Crippen molar-refractivity contribution in [1.29, 1.82) is 0 Å². The molecule has 6 atom stereocenters. The van der Waals surface area contributed by atoms with Crippen LogP contribution in [0.15, 0.2) is 48.7 Å². The second-order valence-electron chi connectivity index (χ2n) is 18.5. The minimum atomic E-state index is -0.724. The highest BCUT2D eigenvalue weighted by molar-refractivity contribution is 6.07. The van der Waals surface area contributed by atoms with Crippen molar-refractivity contribution in [2.45, 2.75) is 108 Å². The number of likely N-dealkylation sites (tertiary alicyclic amines) is 2. The molecule has 0 aliphatic carbocycles. The third-order valence-electron chi connectivity index (χ3n) is 14.7. The number of alkyl carbamates (subject to hydrolysis) is 2. The van der Waals surface area contributed by atoms with E-state index < -0.39 is 24.3 Å². The summed E-state index contributed by atoms with van der Waals surface area (Å²) in [6.45, 7) is 6.66. The molecular formula is C49H58N8O9. The Morgan fingerprint density at radius 1 is 0.712 bits per heavy atom. The number of hydrogen-bond donors (Lipinski definition) is 4. The Hall–Kier alpha value is -6.20. The van der Waals surface area contributed by atoms with Crippen LogP contribution in [-0.4, -0.2) is 119 Å². The number of carbonyl (C=O) groups excluding carboxylic acids is 4. The molecule has 7 heterocycles. The SMILES string of the molecule is COC(=O)N[C@H](C(=O)N1[C@@H](C)CC[C@H]1c1ncc(-c2ccc3c(c2)COc2cc4c(ccc5[nH]c([C@@H]6CC[C@H](C)N6C(=O)[C@@H](NC(=O)OC)C6CCOCC6)nc54)cc2-3)[nH]1)C1CCOCC1. The van der Waals surface area contributed by atoms with Gasteiger partial charge in [-0.05, 0) is 123 Å². The van der Waals surface area contributed by atoms with Crippen LogP contribution in [0.4, 0.5) is 9.59 Å². The lowest BCUT2D eigenvalue weighted by atomic mass is 9.90. The van der Waals surface area contributed by atoms with Crippen molar-refractivity contribution in [3.63, 3.8) is 0 Å². The number of nitrogens with zero attached hydrogens (tertiary/aromatic N) is 4. The maximum Gasteiger partial charge on any atom is 0.407 e. The molecule has 0 radical (unpaired) electrons. The van der Waals surface area contributed by atoms with E-state index in [1.165, 1.54) is 14.2 Å². The van der Waals surface area contributed by atoms with Crippen LogP contribution < -0.4 is 15.4 Å². The molecule has 348 valence electrons. The molecule has 17 nitrogen and oxygen atoms in total. The molecular weight excluding hydrogens is 845 g/mol. The fraction of sp³-hybridized carbons (Fsp3) is 0.510. The number of aromatic amines is 2. The molecule has 66 heavy (non-hydrogen) atoms. The van der Waals surface area contributed by atoms with Crippen molar-refractivity contribution >= 4 is 45.8 Å². The molecule has 5 aliphatic rings. The van der Waals surface area contributed by atoms with Gasteiger partial charge in [0.25, 0.3) is 0 Å². The van der Waals surface area contributed by atoms with Crippen molar-refractivity contribution in [2.24, 2.45) is 11.8 Å². The Morgan fingerprint density at radius 3 is 1.92 bits per heavy atom. The molecule has 4 N–H and O–H groups in total. The average Bonchev–Trinajstić information content (AvgIpc) is 4.18. The van der Waals surface area contributed by atoms with E-state index in [2.05, 4.69) is 63.9 Å².